The lowest BCUT2D eigenvalue weighted by molar-refractivity contribution is 0.563. The van der Waals surface area contributed by atoms with E-state index in [2.05, 4.69) is 6.58 Å². The Labute approximate surface area is 94.6 Å². The summed E-state index contributed by atoms with van der Waals surface area (Å²) in [5.74, 6) is -0.273. The first kappa shape index (κ1) is 12.1. The first-order valence-corrected chi connectivity index (χ1v) is 5.61. The van der Waals surface area contributed by atoms with Crippen molar-refractivity contribution in [2.75, 3.05) is 5.73 Å². The van der Waals surface area contributed by atoms with Crippen LogP contribution in [0.1, 0.15) is 26.3 Å². The fraction of sp³-hybridized carbons (Fsp3) is 0.333. The van der Waals surface area contributed by atoms with Gasteiger partial charge in [0.25, 0.3) is 0 Å². The highest BCUT2D eigenvalue weighted by atomic mass is 32.2. The molecule has 0 aromatic heterocycles. The molecular formula is C12H16FNS. The number of anilines is 1. The van der Waals surface area contributed by atoms with Crippen molar-refractivity contribution in [2.45, 2.75) is 31.1 Å². The minimum atomic E-state index is -0.273. The van der Waals surface area contributed by atoms with Crippen molar-refractivity contribution in [1.29, 1.82) is 0 Å². The van der Waals surface area contributed by atoms with Crippen molar-refractivity contribution in [2.24, 2.45) is 0 Å². The minimum absolute atomic E-state index is 0.0909. The van der Waals surface area contributed by atoms with E-state index >= 15 is 0 Å². The fourth-order valence-corrected chi connectivity index (χ4v) is 1.79. The molecule has 82 valence electrons. The normalized spacial score (nSPS) is 11.5. The topological polar surface area (TPSA) is 26.0 Å². The Morgan fingerprint density at radius 1 is 1.40 bits per heavy atom. The molecule has 0 spiro atoms. The Morgan fingerprint density at radius 3 is 2.40 bits per heavy atom. The number of halogens is 1. The van der Waals surface area contributed by atoms with Gasteiger partial charge in [-0.1, -0.05) is 39.1 Å². The van der Waals surface area contributed by atoms with Crippen LogP contribution in [0, 0.1) is 5.82 Å². The number of benzene rings is 1. The molecule has 0 radical (unpaired) electrons. The molecule has 0 bridgehead atoms. The van der Waals surface area contributed by atoms with Gasteiger partial charge in [0.15, 0.2) is 0 Å². The van der Waals surface area contributed by atoms with Gasteiger partial charge in [-0.3, -0.25) is 0 Å². The zero-order chi connectivity index (χ0) is 11.6. The second-order valence-corrected chi connectivity index (χ2v) is 5.39. The smallest absolute Gasteiger partial charge is 0.139 e. The van der Waals surface area contributed by atoms with Crippen molar-refractivity contribution in [3.05, 3.63) is 35.5 Å². The summed E-state index contributed by atoms with van der Waals surface area (Å²) in [6, 6.07) is 3.37. The molecule has 0 fully saturated rings. The zero-order valence-electron chi connectivity index (χ0n) is 9.30. The maximum atomic E-state index is 13.7. The number of hydrogen-bond donors (Lipinski definition) is 1. The predicted octanol–water partition coefficient (Wildman–Crippen LogP) is 3.94. The SMILES string of the molecule is C=CSc1c(N)cc(C(C)(C)C)cc1F. The van der Waals surface area contributed by atoms with Crippen LogP contribution in [0.15, 0.2) is 29.0 Å². The van der Waals surface area contributed by atoms with Gasteiger partial charge < -0.3 is 5.73 Å². The van der Waals surface area contributed by atoms with Crippen LogP contribution in [-0.4, -0.2) is 0 Å². The van der Waals surface area contributed by atoms with Gasteiger partial charge in [0.05, 0.1) is 4.90 Å². The van der Waals surface area contributed by atoms with Crippen molar-refractivity contribution >= 4 is 17.4 Å². The molecule has 1 aromatic rings. The third-order valence-corrected chi connectivity index (χ3v) is 2.97. The lowest BCUT2D eigenvalue weighted by Crippen LogP contribution is -2.12. The highest BCUT2D eigenvalue weighted by molar-refractivity contribution is 8.02. The van der Waals surface area contributed by atoms with Crippen LogP contribution in [0.4, 0.5) is 10.1 Å². The largest absolute Gasteiger partial charge is 0.398 e. The molecule has 1 aromatic carbocycles. The molecule has 0 saturated carbocycles. The molecule has 0 aliphatic rings. The Morgan fingerprint density at radius 2 is 2.00 bits per heavy atom. The van der Waals surface area contributed by atoms with Crippen molar-refractivity contribution in [3.63, 3.8) is 0 Å². The van der Waals surface area contributed by atoms with Crippen LogP contribution >= 0.6 is 11.8 Å². The van der Waals surface area contributed by atoms with Gasteiger partial charge in [-0.25, -0.2) is 4.39 Å². The van der Waals surface area contributed by atoms with Gasteiger partial charge >= 0.3 is 0 Å². The molecule has 15 heavy (non-hydrogen) atoms. The number of rotatable bonds is 2. The minimum Gasteiger partial charge on any atom is -0.398 e. The quantitative estimate of drug-likeness (QED) is 0.609. The maximum Gasteiger partial charge on any atom is 0.139 e. The van der Waals surface area contributed by atoms with Crippen LogP contribution in [0.25, 0.3) is 0 Å². The molecule has 3 heteroatoms. The van der Waals surface area contributed by atoms with Crippen molar-refractivity contribution in [3.8, 4) is 0 Å². The van der Waals surface area contributed by atoms with Crippen LogP contribution < -0.4 is 5.73 Å². The van der Waals surface area contributed by atoms with Gasteiger partial charge in [-0.05, 0) is 28.5 Å². The van der Waals surface area contributed by atoms with E-state index in [9.17, 15) is 4.39 Å². The summed E-state index contributed by atoms with van der Waals surface area (Å²) < 4.78 is 13.7. The lowest BCUT2D eigenvalue weighted by atomic mass is 9.87. The lowest BCUT2D eigenvalue weighted by Gasteiger charge is -2.20. The van der Waals surface area contributed by atoms with Crippen molar-refractivity contribution < 1.29 is 4.39 Å². The van der Waals surface area contributed by atoms with E-state index < -0.39 is 0 Å². The summed E-state index contributed by atoms with van der Waals surface area (Å²) in [6.45, 7) is 9.64. The molecular weight excluding hydrogens is 209 g/mol. The molecule has 0 atom stereocenters. The Kier molecular flexibility index (Phi) is 3.45. The molecule has 0 aliphatic carbocycles. The summed E-state index contributed by atoms with van der Waals surface area (Å²) in [5, 5.41) is 1.57. The number of hydrogen-bond acceptors (Lipinski definition) is 2. The number of thioether (sulfide) groups is 1. The molecule has 2 N–H and O–H groups in total. The summed E-state index contributed by atoms with van der Waals surface area (Å²) in [6.07, 6.45) is 0. The molecule has 0 saturated heterocycles. The average molecular weight is 225 g/mol. The van der Waals surface area contributed by atoms with E-state index in [0.717, 1.165) is 5.56 Å². The molecule has 1 nitrogen and oxygen atoms in total. The third kappa shape index (κ3) is 2.75. The molecule has 1 rings (SSSR count). The number of nitrogens with two attached hydrogens (primary N) is 1. The fourth-order valence-electron chi connectivity index (χ4n) is 1.26. The van der Waals surface area contributed by atoms with E-state index in [1.807, 2.05) is 26.8 Å². The highest BCUT2D eigenvalue weighted by Gasteiger charge is 2.17. The van der Waals surface area contributed by atoms with Crippen molar-refractivity contribution in [1.82, 2.24) is 0 Å². The Bertz CT molecular complexity index is 357. The molecule has 0 amide bonds. The van der Waals surface area contributed by atoms with Gasteiger partial charge in [0.1, 0.15) is 5.82 Å². The van der Waals surface area contributed by atoms with Gasteiger partial charge in [0, 0.05) is 5.69 Å². The van der Waals surface area contributed by atoms with Gasteiger partial charge in [-0.15, -0.1) is 0 Å². The second-order valence-electron chi connectivity index (χ2n) is 4.41. The summed E-state index contributed by atoms with van der Waals surface area (Å²) in [4.78, 5) is 0.456. The molecule has 0 heterocycles. The summed E-state index contributed by atoms with van der Waals surface area (Å²) in [7, 11) is 0. The first-order chi connectivity index (χ1) is 6.86. The van der Waals surface area contributed by atoms with Crippen LogP contribution in [-0.2, 0) is 5.41 Å². The highest BCUT2D eigenvalue weighted by Crippen LogP contribution is 2.33. The summed E-state index contributed by atoms with van der Waals surface area (Å²) >= 11 is 1.21. The van der Waals surface area contributed by atoms with E-state index in [1.54, 1.807) is 11.5 Å². The third-order valence-electron chi connectivity index (χ3n) is 2.14. The Hall–Kier alpha value is -0.960. The molecule has 0 unspecified atom stereocenters. The van der Waals surface area contributed by atoms with E-state index in [0.29, 0.717) is 10.6 Å². The Balaban J connectivity index is 3.25. The monoisotopic (exact) mass is 225 g/mol. The first-order valence-electron chi connectivity index (χ1n) is 4.73. The van der Waals surface area contributed by atoms with E-state index in [1.165, 1.54) is 11.8 Å². The van der Waals surface area contributed by atoms with Crippen LogP contribution in [0.2, 0.25) is 0 Å². The zero-order valence-corrected chi connectivity index (χ0v) is 10.1. The van der Waals surface area contributed by atoms with E-state index in [-0.39, 0.29) is 11.2 Å². The summed E-state index contributed by atoms with van der Waals surface area (Å²) in [5.41, 5.74) is 7.09. The molecule has 0 aliphatic heterocycles. The predicted molar refractivity (Wildman–Crippen MR) is 65.6 cm³/mol. The number of nitrogen functional groups attached to an aromatic ring is 1. The van der Waals surface area contributed by atoms with Crippen LogP contribution in [0.5, 0.6) is 0 Å². The maximum absolute atomic E-state index is 13.7. The average Bonchev–Trinajstić information content (AvgIpc) is 2.09. The van der Waals surface area contributed by atoms with Gasteiger partial charge in [-0.2, -0.15) is 0 Å². The van der Waals surface area contributed by atoms with Gasteiger partial charge in [0.2, 0.25) is 0 Å². The van der Waals surface area contributed by atoms with E-state index in [4.69, 9.17) is 5.73 Å². The standard InChI is InChI=1S/C12H16FNS/c1-5-15-11-9(13)6-8(7-10(11)14)12(2,3)4/h5-7H,1,14H2,2-4H3. The second kappa shape index (κ2) is 4.27. The van der Waals surface area contributed by atoms with Crippen LogP contribution in [0.3, 0.4) is 0 Å².